The fourth-order valence-corrected chi connectivity index (χ4v) is 3.95. The molecule has 0 amide bonds. The third-order valence-corrected chi connectivity index (χ3v) is 5.26. The van der Waals surface area contributed by atoms with E-state index in [9.17, 15) is 0 Å². The Kier molecular flexibility index (Phi) is 7.44. The molecule has 0 radical (unpaired) electrons. The summed E-state index contributed by atoms with van der Waals surface area (Å²) in [5.74, 6) is 1.57. The molecule has 4 nitrogen and oxygen atoms in total. The Labute approximate surface area is 130 Å². The molecule has 124 valence electrons. The van der Waals surface area contributed by atoms with E-state index in [0.717, 1.165) is 12.5 Å². The standard InChI is InChI=1S/C17H34N2O2/c1-3-4-8-15-12-14-7-5-6-9-16(14)17(18-15)21-11-10-19(2)13-20/h14-18,20H,3-13H2,1-2H3. The summed E-state index contributed by atoms with van der Waals surface area (Å²) in [6, 6.07) is 0.643. The lowest BCUT2D eigenvalue weighted by atomic mass is 9.72. The van der Waals surface area contributed by atoms with Crippen LogP contribution in [0.4, 0.5) is 0 Å². The van der Waals surface area contributed by atoms with Crippen LogP contribution >= 0.6 is 0 Å². The Morgan fingerprint density at radius 2 is 2.10 bits per heavy atom. The average Bonchev–Trinajstić information content (AvgIpc) is 2.52. The summed E-state index contributed by atoms with van der Waals surface area (Å²) < 4.78 is 6.17. The van der Waals surface area contributed by atoms with Crippen molar-refractivity contribution in [1.82, 2.24) is 10.2 Å². The van der Waals surface area contributed by atoms with Crippen molar-refractivity contribution in [3.05, 3.63) is 0 Å². The molecule has 4 heteroatoms. The first-order valence-electron chi connectivity index (χ1n) is 8.91. The minimum Gasteiger partial charge on any atom is -0.381 e. The minimum absolute atomic E-state index is 0.104. The van der Waals surface area contributed by atoms with Crippen LogP contribution in [0.5, 0.6) is 0 Å². The van der Waals surface area contributed by atoms with E-state index in [0.29, 0.717) is 18.6 Å². The van der Waals surface area contributed by atoms with Gasteiger partial charge in [0.25, 0.3) is 0 Å². The van der Waals surface area contributed by atoms with Crippen LogP contribution in [0.3, 0.4) is 0 Å². The van der Waals surface area contributed by atoms with Crippen molar-refractivity contribution < 1.29 is 9.84 Å². The molecule has 2 aliphatic rings. The van der Waals surface area contributed by atoms with Crippen LogP contribution in [0.2, 0.25) is 0 Å². The third kappa shape index (κ3) is 5.20. The second-order valence-electron chi connectivity index (χ2n) is 6.96. The van der Waals surface area contributed by atoms with Crippen molar-refractivity contribution >= 4 is 0 Å². The van der Waals surface area contributed by atoms with Gasteiger partial charge in [-0.2, -0.15) is 0 Å². The Morgan fingerprint density at radius 3 is 2.86 bits per heavy atom. The van der Waals surface area contributed by atoms with Crippen LogP contribution in [0.1, 0.15) is 58.3 Å². The average molecular weight is 298 g/mol. The number of hydrogen-bond acceptors (Lipinski definition) is 4. The van der Waals surface area contributed by atoms with E-state index in [-0.39, 0.29) is 13.0 Å². The van der Waals surface area contributed by atoms with Gasteiger partial charge in [0.2, 0.25) is 0 Å². The van der Waals surface area contributed by atoms with E-state index in [1.807, 2.05) is 11.9 Å². The maximum absolute atomic E-state index is 9.05. The number of ether oxygens (including phenoxy) is 1. The molecule has 0 bridgehead atoms. The van der Waals surface area contributed by atoms with E-state index in [2.05, 4.69) is 12.2 Å². The Hall–Kier alpha value is -0.160. The number of unbranched alkanes of at least 4 members (excludes halogenated alkanes) is 1. The second-order valence-corrected chi connectivity index (χ2v) is 6.96. The summed E-state index contributed by atoms with van der Waals surface area (Å²) in [4.78, 5) is 1.88. The minimum atomic E-state index is 0.104. The molecule has 0 aromatic carbocycles. The first-order valence-corrected chi connectivity index (χ1v) is 8.91. The highest BCUT2D eigenvalue weighted by Crippen LogP contribution is 2.39. The normalized spacial score (nSPS) is 33.1. The predicted octanol–water partition coefficient (Wildman–Crippen LogP) is 2.57. The molecular weight excluding hydrogens is 264 g/mol. The number of piperidine rings is 1. The molecule has 1 heterocycles. The quantitative estimate of drug-likeness (QED) is 0.676. The van der Waals surface area contributed by atoms with Gasteiger partial charge in [-0.05, 0) is 38.6 Å². The van der Waals surface area contributed by atoms with Crippen LogP contribution in [0.25, 0.3) is 0 Å². The molecular formula is C17H34N2O2. The zero-order valence-electron chi connectivity index (χ0n) is 13.9. The molecule has 0 spiro atoms. The van der Waals surface area contributed by atoms with Gasteiger partial charge in [-0.1, -0.05) is 32.6 Å². The maximum atomic E-state index is 9.05. The van der Waals surface area contributed by atoms with Crippen molar-refractivity contribution in [1.29, 1.82) is 0 Å². The molecule has 0 aromatic rings. The van der Waals surface area contributed by atoms with Gasteiger partial charge >= 0.3 is 0 Å². The number of likely N-dealkylation sites (N-methyl/N-ethyl adjacent to an activating group) is 1. The first kappa shape index (κ1) is 17.2. The van der Waals surface area contributed by atoms with Crippen LogP contribution in [-0.2, 0) is 4.74 Å². The summed E-state index contributed by atoms with van der Waals surface area (Å²) in [7, 11) is 1.92. The molecule has 4 unspecified atom stereocenters. The molecule has 0 aromatic heterocycles. The fraction of sp³-hybridized carbons (Fsp3) is 1.00. The molecule has 1 aliphatic carbocycles. The SMILES string of the molecule is CCCCC1CC2CCCCC2C(OCCN(C)CO)N1. The summed E-state index contributed by atoms with van der Waals surface area (Å²) in [6.07, 6.45) is 10.9. The third-order valence-electron chi connectivity index (χ3n) is 5.26. The lowest BCUT2D eigenvalue weighted by molar-refractivity contribution is -0.0803. The molecule has 1 aliphatic heterocycles. The van der Waals surface area contributed by atoms with Crippen LogP contribution in [0.15, 0.2) is 0 Å². The number of aliphatic hydroxyl groups is 1. The molecule has 2 fully saturated rings. The zero-order chi connectivity index (χ0) is 15.1. The van der Waals surface area contributed by atoms with Gasteiger partial charge in [-0.3, -0.25) is 10.2 Å². The van der Waals surface area contributed by atoms with Crippen molar-refractivity contribution in [2.75, 3.05) is 26.9 Å². The van der Waals surface area contributed by atoms with Crippen LogP contribution in [0, 0.1) is 11.8 Å². The Morgan fingerprint density at radius 1 is 1.29 bits per heavy atom. The van der Waals surface area contributed by atoms with E-state index >= 15 is 0 Å². The molecule has 2 rings (SSSR count). The number of nitrogens with zero attached hydrogens (tertiary/aromatic N) is 1. The highest BCUT2D eigenvalue weighted by atomic mass is 16.5. The van der Waals surface area contributed by atoms with Gasteiger partial charge < -0.3 is 9.84 Å². The number of hydrogen-bond donors (Lipinski definition) is 2. The highest BCUT2D eigenvalue weighted by Gasteiger charge is 2.38. The molecule has 21 heavy (non-hydrogen) atoms. The first-order chi connectivity index (χ1) is 10.2. The second kappa shape index (κ2) is 9.09. The Balaban J connectivity index is 1.84. The number of rotatable bonds is 8. The highest BCUT2D eigenvalue weighted by molar-refractivity contribution is 4.90. The summed E-state index contributed by atoms with van der Waals surface area (Å²) in [5.41, 5.74) is 0. The van der Waals surface area contributed by atoms with Crippen LogP contribution < -0.4 is 5.32 Å². The van der Waals surface area contributed by atoms with Gasteiger partial charge in [-0.15, -0.1) is 0 Å². The van der Waals surface area contributed by atoms with E-state index < -0.39 is 0 Å². The maximum Gasteiger partial charge on any atom is 0.111 e. The largest absolute Gasteiger partial charge is 0.381 e. The smallest absolute Gasteiger partial charge is 0.111 e. The van der Waals surface area contributed by atoms with Crippen molar-refractivity contribution in [2.24, 2.45) is 11.8 Å². The van der Waals surface area contributed by atoms with Gasteiger partial charge in [0.1, 0.15) is 6.23 Å². The lowest BCUT2D eigenvalue weighted by Crippen LogP contribution is -2.54. The van der Waals surface area contributed by atoms with Crippen molar-refractivity contribution in [3.8, 4) is 0 Å². The van der Waals surface area contributed by atoms with Gasteiger partial charge in [0.15, 0.2) is 0 Å². The monoisotopic (exact) mass is 298 g/mol. The molecule has 1 saturated heterocycles. The summed E-state index contributed by atoms with van der Waals surface area (Å²) in [5, 5.41) is 12.8. The molecule has 2 N–H and O–H groups in total. The van der Waals surface area contributed by atoms with Crippen molar-refractivity contribution in [2.45, 2.75) is 70.6 Å². The zero-order valence-corrected chi connectivity index (χ0v) is 13.9. The van der Waals surface area contributed by atoms with E-state index in [1.165, 1.54) is 51.4 Å². The van der Waals surface area contributed by atoms with E-state index in [4.69, 9.17) is 9.84 Å². The van der Waals surface area contributed by atoms with Gasteiger partial charge in [0, 0.05) is 18.5 Å². The number of aliphatic hydroxyl groups excluding tert-OH is 1. The Bertz CT molecular complexity index is 288. The topological polar surface area (TPSA) is 44.7 Å². The summed E-state index contributed by atoms with van der Waals surface area (Å²) in [6.45, 7) is 3.88. The molecule has 4 atom stereocenters. The van der Waals surface area contributed by atoms with E-state index in [1.54, 1.807) is 0 Å². The van der Waals surface area contributed by atoms with Gasteiger partial charge in [-0.25, -0.2) is 0 Å². The lowest BCUT2D eigenvalue weighted by Gasteiger charge is -2.45. The summed E-state index contributed by atoms with van der Waals surface area (Å²) >= 11 is 0. The number of nitrogens with one attached hydrogen (secondary N) is 1. The molecule has 1 saturated carbocycles. The fourth-order valence-electron chi connectivity index (χ4n) is 3.95. The predicted molar refractivity (Wildman–Crippen MR) is 86.0 cm³/mol. The van der Waals surface area contributed by atoms with Crippen molar-refractivity contribution in [3.63, 3.8) is 0 Å². The number of fused-ring (bicyclic) bond motifs is 1. The van der Waals surface area contributed by atoms with Gasteiger partial charge in [0.05, 0.1) is 13.3 Å². The van der Waals surface area contributed by atoms with Crippen LogP contribution in [-0.4, -0.2) is 49.2 Å².